The summed E-state index contributed by atoms with van der Waals surface area (Å²) in [6, 6.07) is 6.37. The molecule has 0 spiro atoms. The highest BCUT2D eigenvalue weighted by Crippen LogP contribution is 2.40. The average Bonchev–Trinajstić information content (AvgIpc) is 2.96. The lowest BCUT2D eigenvalue weighted by molar-refractivity contribution is -0.142. The third kappa shape index (κ3) is 3.27. The molecule has 3 rings (SSSR count). The van der Waals surface area contributed by atoms with Gasteiger partial charge in [-0.25, -0.2) is 9.48 Å². The number of nitrogens with zero attached hydrogens (tertiary/aromatic N) is 2. The number of carbonyl (C=O) groups excluding carboxylic acids is 1. The Morgan fingerprint density at radius 3 is 2.84 bits per heavy atom. The van der Waals surface area contributed by atoms with Gasteiger partial charge in [0.15, 0.2) is 5.69 Å². The van der Waals surface area contributed by atoms with Crippen LogP contribution in [0.25, 0.3) is 5.69 Å². The number of benzene rings is 1. The molecule has 0 bridgehead atoms. The molecule has 1 aromatic carbocycles. The predicted octanol–water partition coefficient (Wildman–Crippen LogP) is 4.51. The SMILES string of the molecule is CCOC(=O)c1cccc(-n2nc(C(F)(F)F)c3c2C(C)CCC3)c1. The lowest BCUT2D eigenvalue weighted by Gasteiger charge is -2.21. The molecule has 0 fully saturated rings. The zero-order chi connectivity index (χ0) is 18.2. The molecule has 0 N–H and O–H groups in total. The molecule has 1 heterocycles. The van der Waals surface area contributed by atoms with Crippen LogP contribution < -0.4 is 0 Å². The second-order valence-corrected chi connectivity index (χ2v) is 6.19. The maximum Gasteiger partial charge on any atom is 0.435 e. The van der Waals surface area contributed by atoms with Crippen LogP contribution in [0.5, 0.6) is 0 Å². The molecule has 0 amide bonds. The monoisotopic (exact) mass is 352 g/mol. The summed E-state index contributed by atoms with van der Waals surface area (Å²) in [5.74, 6) is -0.534. The number of carbonyl (C=O) groups is 1. The number of hydrogen-bond donors (Lipinski definition) is 0. The standard InChI is InChI=1S/C18H19F3N2O2/c1-3-25-17(24)12-7-5-8-13(10-12)23-15-11(2)6-4-9-14(15)16(22-23)18(19,20)21/h5,7-8,10-11H,3-4,6,9H2,1-2H3. The largest absolute Gasteiger partial charge is 0.462 e. The van der Waals surface area contributed by atoms with Crippen molar-refractivity contribution in [3.05, 3.63) is 46.8 Å². The molecule has 0 radical (unpaired) electrons. The van der Waals surface area contributed by atoms with Crippen molar-refractivity contribution in [2.45, 2.75) is 45.2 Å². The van der Waals surface area contributed by atoms with Gasteiger partial charge >= 0.3 is 12.1 Å². The number of ether oxygens (including phenoxy) is 1. The Labute approximate surface area is 143 Å². The van der Waals surface area contributed by atoms with E-state index in [0.29, 0.717) is 29.8 Å². The Morgan fingerprint density at radius 1 is 1.40 bits per heavy atom. The molecule has 1 aliphatic rings. The molecule has 134 valence electrons. The van der Waals surface area contributed by atoms with Crippen molar-refractivity contribution >= 4 is 5.97 Å². The number of halogens is 3. The van der Waals surface area contributed by atoms with Crippen molar-refractivity contribution in [3.63, 3.8) is 0 Å². The number of rotatable bonds is 3. The van der Waals surface area contributed by atoms with Gasteiger partial charge in [-0.05, 0) is 50.3 Å². The third-order valence-electron chi connectivity index (χ3n) is 4.42. The van der Waals surface area contributed by atoms with Gasteiger partial charge in [-0.1, -0.05) is 13.0 Å². The van der Waals surface area contributed by atoms with Crippen molar-refractivity contribution in [3.8, 4) is 5.69 Å². The lowest BCUT2D eigenvalue weighted by Crippen LogP contribution is -2.13. The van der Waals surface area contributed by atoms with E-state index in [2.05, 4.69) is 5.10 Å². The second-order valence-electron chi connectivity index (χ2n) is 6.19. The van der Waals surface area contributed by atoms with Gasteiger partial charge in [0.2, 0.25) is 0 Å². The summed E-state index contributed by atoms with van der Waals surface area (Å²) in [4.78, 5) is 11.9. The quantitative estimate of drug-likeness (QED) is 0.764. The van der Waals surface area contributed by atoms with Crippen LogP contribution in [0.3, 0.4) is 0 Å². The van der Waals surface area contributed by atoms with E-state index in [1.807, 2.05) is 6.92 Å². The maximum atomic E-state index is 13.4. The van der Waals surface area contributed by atoms with Crippen molar-refractivity contribution in [2.75, 3.05) is 6.61 Å². The Morgan fingerprint density at radius 2 is 2.16 bits per heavy atom. The molecule has 1 unspecified atom stereocenters. The summed E-state index contributed by atoms with van der Waals surface area (Å²) >= 11 is 0. The highest BCUT2D eigenvalue weighted by molar-refractivity contribution is 5.90. The van der Waals surface area contributed by atoms with E-state index in [1.54, 1.807) is 25.1 Å². The molecule has 1 atom stereocenters. The van der Waals surface area contributed by atoms with E-state index < -0.39 is 17.8 Å². The molecule has 0 aliphatic heterocycles. The lowest BCUT2D eigenvalue weighted by atomic mass is 9.87. The molecule has 4 nitrogen and oxygen atoms in total. The predicted molar refractivity (Wildman–Crippen MR) is 85.9 cm³/mol. The fourth-order valence-corrected chi connectivity index (χ4v) is 3.34. The van der Waals surface area contributed by atoms with Gasteiger partial charge < -0.3 is 4.74 Å². The van der Waals surface area contributed by atoms with Crippen LogP contribution in [0, 0.1) is 0 Å². The molecule has 0 saturated carbocycles. The molecule has 2 aromatic rings. The Kier molecular flexibility index (Phi) is 4.58. The summed E-state index contributed by atoms with van der Waals surface area (Å²) < 4.78 is 46.5. The molecule has 1 aromatic heterocycles. The van der Waals surface area contributed by atoms with Gasteiger partial charge in [-0.2, -0.15) is 18.3 Å². The van der Waals surface area contributed by atoms with Crippen LogP contribution in [-0.4, -0.2) is 22.4 Å². The van der Waals surface area contributed by atoms with Crippen LogP contribution in [0.15, 0.2) is 24.3 Å². The summed E-state index contributed by atoms with van der Waals surface area (Å²) in [6.07, 6.45) is -2.60. The molecule has 7 heteroatoms. The smallest absolute Gasteiger partial charge is 0.435 e. The fraction of sp³-hybridized carbons (Fsp3) is 0.444. The van der Waals surface area contributed by atoms with Gasteiger partial charge in [-0.3, -0.25) is 0 Å². The van der Waals surface area contributed by atoms with E-state index in [-0.39, 0.29) is 18.1 Å². The van der Waals surface area contributed by atoms with Crippen molar-refractivity contribution in [1.82, 2.24) is 9.78 Å². The first-order valence-electron chi connectivity index (χ1n) is 8.29. The van der Waals surface area contributed by atoms with Crippen molar-refractivity contribution in [2.24, 2.45) is 0 Å². The minimum atomic E-state index is -4.49. The zero-order valence-corrected chi connectivity index (χ0v) is 14.1. The minimum absolute atomic E-state index is 0.0291. The second kappa shape index (κ2) is 6.54. The highest BCUT2D eigenvalue weighted by atomic mass is 19.4. The van der Waals surface area contributed by atoms with E-state index >= 15 is 0 Å². The topological polar surface area (TPSA) is 44.1 Å². The number of alkyl halides is 3. The van der Waals surface area contributed by atoms with Gasteiger partial charge in [0, 0.05) is 5.56 Å². The van der Waals surface area contributed by atoms with Crippen molar-refractivity contribution in [1.29, 1.82) is 0 Å². The maximum absolute atomic E-state index is 13.4. The summed E-state index contributed by atoms with van der Waals surface area (Å²) in [5, 5.41) is 3.87. The first-order chi connectivity index (χ1) is 11.8. The van der Waals surface area contributed by atoms with Crippen LogP contribution in [0.2, 0.25) is 0 Å². The van der Waals surface area contributed by atoms with Gasteiger partial charge in [-0.15, -0.1) is 0 Å². The van der Waals surface area contributed by atoms with E-state index in [1.165, 1.54) is 10.7 Å². The summed E-state index contributed by atoms with van der Waals surface area (Å²) in [7, 11) is 0. The van der Waals surface area contributed by atoms with Crippen LogP contribution in [0.1, 0.15) is 59.9 Å². The normalized spacial score (nSPS) is 17.2. The molecular weight excluding hydrogens is 333 g/mol. The highest BCUT2D eigenvalue weighted by Gasteiger charge is 2.41. The van der Waals surface area contributed by atoms with E-state index in [9.17, 15) is 18.0 Å². The molecule has 1 aliphatic carbocycles. The van der Waals surface area contributed by atoms with Crippen molar-refractivity contribution < 1.29 is 22.7 Å². The van der Waals surface area contributed by atoms with E-state index in [0.717, 1.165) is 6.42 Å². The Balaban J connectivity index is 2.13. The van der Waals surface area contributed by atoms with Crippen LogP contribution >= 0.6 is 0 Å². The number of esters is 1. The molecular formula is C18H19F3N2O2. The zero-order valence-electron chi connectivity index (χ0n) is 14.1. The van der Waals surface area contributed by atoms with Gasteiger partial charge in [0.25, 0.3) is 0 Å². The third-order valence-corrected chi connectivity index (χ3v) is 4.42. The van der Waals surface area contributed by atoms with E-state index in [4.69, 9.17) is 4.74 Å². The van der Waals surface area contributed by atoms with Crippen LogP contribution in [0.4, 0.5) is 13.2 Å². The Bertz CT molecular complexity index is 796. The fourth-order valence-electron chi connectivity index (χ4n) is 3.34. The molecule has 25 heavy (non-hydrogen) atoms. The first-order valence-corrected chi connectivity index (χ1v) is 8.29. The number of aromatic nitrogens is 2. The first kappa shape index (κ1) is 17.5. The van der Waals surface area contributed by atoms with Crippen LogP contribution in [-0.2, 0) is 17.3 Å². The van der Waals surface area contributed by atoms with Gasteiger partial charge in [0.1, 0.15) is 0 Å². The number of hydrogen-bond acceptors (Lipinski definition) is 3. The minimum Gasteiger partial charge on any atom is -0.462 e. The average molecular weight is 352 g/mol. The van der Waals surface area contributed by atoms with Gasteiger partial charge in [0.05, 0.1) is 23.6 Å². The molecule has 0 saturated heterocycles. The Hall–Kier alpha value is -2.31. The number of fused-ring (bicyclic) bond motifs is 1. The summed E-state index contributed by atoms with van der Waals surface area (Å²) in [5.41, 5.74) is 0.759. The summed E-state index contributed by atoms with van der Waals surface area (Å²) in [6.45, 7) is 3.84.